The minimum absolute atomic E-state index is 0.0842. The van der Waals surface area contributed by atoms with E-state index in [1.807, 2.05) is 48.7 Å². The topological polar surface area (TPSA) is 44.9 Å². The van der Waals surface area contributed by atoms with E-state index in [0.717, 1.165) is 36.7 Å². The average Bonchev–Trinajstić information content (AvgIpc) is 3.03. The van der Waals surface area contributed by atoms with Gasteiger partial charge < -0.3 is 10.3 Å². The lowest BCUT2D eigenvalue weighted by Gasteiger charge is -2.02. The molecule has 2 heterocycles. The maximum absolute atomic E-state index is 12.3. The molecule has 1 amide bonds. The number of rotatable bonds is 1. The second kappa shape index (κ2) is 5.11. The summed E-state index contributed by atoms with van der Waals surface area (Å²) in [6.07, 6.45) is 3.86. The number of aromatic nitrogens is 1. The van der Waals surface area contributed by atoms with Crippen molar-refractivity contribution in [2.45, 2.75) is 0 Å². The standard InChI is InChI=1S/C17H10Br2N2O/c18-10-6-12-13(17(22)21-16(12)14(19)7-10)5-9-8-20-15-4-2-1-3-11(9)15/h1-8,20H,(H,21,22). The van der Waals surface area contributed by atoms with E-state index in [2.05, 4.69) is 42.2 Å². The number of H-pyrrole nitrogens is 1. The zero-order valence-corrected chi connectivity index (χ0v) is 14.5. The smallest absolute Gasteiger partial charge is 0.256 e. The maximum Gasteiger partial charge on any atom is 0.256 e. The summed E-state index contributed by atoms with van der Waals surface area (Å²) in [5.74, 6) is -0.0842. The minimum atomic E-state index is -0.0842. The Bertz CT molecular complexity index is 956. The van der Waals surface area contributed by atoms with Gasteiger partial charge in [-0.1, -0.05) is 34.1 Å². The Labute approximate surface area is 143 Å². The maximum atomic E-state index is 12.3. The van der Waals surface area contributed by atoms with Crippen LogP contribution < -0.4 is 5.32 Å². The lowest BCUT2D eigenvalue weighted by atomic mass is 10.0. The van der Waals surface area contributed by atoms with Gasteiger partial charge in [0.1, 0.15) is 0 Å². The van der Waals surface area contributed by atoms with Gasteiger partial charge in [-0.3, -0.25) is 4.79 Å². The van der Waals surface area contributed by atoms with Crippen LogP contribution in [-0.2, 0) is 4.79 Å². The van der Waals surface area contributed by atoms with Crippen LogP contribution in [0.4, 0.5) is 5.69 Å². The Hall–Kier alpha value is -1.85. The molecule has 4 rings (SSSR count). The average molecular weight is 418 g/mol. The molecule has 0 saturated heterocycles. The van der Waals surface area contributed by atoms with Gasteiger partial charge in [0, 0.05) is 42.7 Å². The van der Waals surface area contributed by atoms with Gasteiger partial charge in [-0.2, -0.15) is 0 Å². The van der Waals surface area contributed by atoms with Crippen molar-refractivity contribution in [1.82, 2.24) is 4.98 Å². The number of anilines is 1. The fourth-order valence-electron chi connectivity index (χ4n) is 2.73. The molecule has 0 unspecified atom stereocenters. The molecule has 2 aromatic carbocycles. The SMILES string of the molecule is O=C1Nc2c(Br)cc(Br)cc2C1=Cc1c[nH]c2ccccc12. The molecule has 1 aliphatic rings. The first kappa shape index (κ1) is 13.8. The van der Waals surface area contributed by atoms with Crippen LogP contribution in [0.25, 0.3) is 22.6 Å². The van der Waals surface area contributed by atoms with Crippen molar-refractivity contribution in [2.75, 3.05) is 5.32 Å². The molecular weight excluding hydrogens is 408 g/mol. The van der Waals surface area contributed by atoms with Crippen LogP contribution in [0, 0.1) is 0 Å². The highest BCUT2D eigenvalue weighted by Crippen LogP contribution is 2.40. The predicted octanol–water partition coefficient (Wildman–Crippen LogP) is 5.19. The fraction of sp³-hybridized carbons (Fsp3) is 0. The van der Waals surface area contributed by atoms with Gasteiger partial charge in [-0.25, -0.2) is 0 Å². The van der Waals surface area contributed by atoms with E-state index in [1.54, 1.807) is 0 Å². The molecule has 22 heavy (non-hydrogen) atoms. The number of hydrogen-bond acceptors (Lipinski definition) is 1. The molecule has 0 fully saturated rings. The first-order chi connectivity index (χ1) is 10.6. The zero-order valence-electron chi connectivity index (χ0n) is 11.3. The van der Waals surface area contributed by atoms with E-state index in [9.17, 15) is 4.79 Å². The predicted molar refractivity (Wildman–Crippen MR) is 96.6 cm³/mol. The number of amides is 1. The molecule has 0 bridgehead atoms. The van der Waals surface area contributed by atoms with Crippen LogP contribution in [0.1, 0.15) is 11.1 Å². The number of halogens is 2. The number of fused-ring (bicyclic) bond motifs is 2. The number of carbonyl (C=O) groups is 1. The number of benzene rings is 2. The van der Waals surface area contributed by atoms with Crippen molar-refractivity contribution < 1.29 is 4.79 Å². The summed E-state index contributed by atoms with van der Waals surface area (Å²) in [6.45, 7) is 0. The largest absolute Gasteiger partial charge is 0.361 e. The van der Waals surface area contributed by atoms with E-state index in [0.29, 0.717) is 5.57 Å². The highest BCUT2D eigenvalue weighted by Gasteiger charge is 2.26. The Balaban J connectivity index is 1.92. The first-order valence-electron chi connectivity index (χ1n) is 6.72. The highest BCUT2D eigenvalue weighted by molar-refractivity contribution is 9.11. The number of carbonyl (C=O) groups excluding carboxylic acids is 1. The fourth-order valence-corrected chi connectivity index (χ4v) is 4.05. The van der Waals surface area contributed by atoms with Crippen LogP contribution in [0.5, 0.6) is 0 Å². The Kier molecular flexibility index (Phi) is 3.20. The molecule has 1 aliphatic heterocycles. The summed E-state index contributed by atoms with van der Waals surface area (Å²) >= 11 is 6.97. The first-order valence-corrected chi connectivity index (χ1v) is 8.30. The molecule has 0 atom stereocenters. The van der Waals surface area contributed by atoms with Crippen LogP contribution in [0.3, 0.4) is 0 Å². The number of aromatic amines is 1. The molecule has 0 radical (unpaired) electrons. The molecular formula is C17H10Br2N2O. The molecule has 0 spiro atoms. The summed E-state index contributed by atoms with van der Waals surface area (Å²) in [5, 5.41) is 4.02. The molecule has 0 saturated carbocycles. The van der Waals surface area contributed by atoms with Crippen LogP contribution >= 0.6 is 31.9 Å². The summed E-state index contributed by atoms with van der Waals surface area (Å²) < 4.78 is 1.80. The molecule has 3 aromatic rings. The van der Waals surface area contributed by atoms with Gasteiger partial charge in [-0.15, -0.1) is 0 Å². The van der Waals surface area contributed by atoms with Crippen molar-refractivity contribution in [3.63, 3.8) is 0 Å². The Morgan fingerprint density at radius 2 is 1.91 bits per heavy atom. The second-order valence-corrected chi connectivity index (χ2v) is 6.88. The molecule has 5 heteroatoms. The van der Waals surface area contributed by atoms with Gasteiger partial charge in [0.15, 0.2) is 0 Å². The Morgan fingerprint density at radius 1 is 1.09 bits per heavy atom. The number of para-hydroxylation sites is 1. The van der Waals surface area contributed by atoms with Gasteiger partial charge in [-0.05, 0) is 40.2 Å². The van der Waals surface area contributed by atoms with Crippen molar-refractivity contribution in [1.29, 1.82) is 0 Å². The third-order valence-corrected chi connectivity index (χ3v) is 4.83. The van der Waals surface area contributed by atoms with E-state index in [-0.39, 0.29) is 5.91 Å². The monoisotopic (exact) mass is 416 g/mol. The summed E-state index contributed by atoms with van der Waals surface area (Å²) in [5.41, 5.74) is 4.45. The van der Waals surface area contributed by atoms with E-state index in [1.165, 1.54) is 0 Å². The number of hydrogen-bond donors (Lipinski definition) is 2. The lowest BCUT2D eigenvalue weighted by molar-refractivity contribution is -0.110. The third-order valence-electron chi connectivity index (χ3n) is 3.75. The lowest BCUT2D eigenvalue weighted by Crippen LogP contribution is -2.03. The molecule has 1 aromatic heterocycles. The van der Waals surface area contributed by atoms with Gasteiger partial charge in [0.2, 0.25) is 0 Å². The normalized spacial score (nSPS) is 15.4. The van der Waals surface area contributed by atoms with Gasteiger partial charge in [0.05, 0.1) is 5.69 Å². The van der Waals surface area contributed by atoms with Crippen LogP contribution in [-0.4, -0.2) is 10.9 Å². The van der Waals surface area contributed by atoms with E-state index < -0.39 is 0 Å². The second-order valence-electron chi connectivity index (χ2n) is 5.11. The Morgan fingerprint density at radius 3 is 2.77 bits per heavy atom. The zero-order chi connectivity index (χ0) is 15.3. The molecule has 0 aliphatic carbocycles. The van der Waals surface area contributed by atoms with Crippen LogP contribution in [0.2, 0.25) is 0 Å². The van der Waals surface area contributed by atoms with E-state index >= 15 is 0 Å². The number of nitrogens with one attached hydrogen (secondary N) is 2. The molecule has 3 nitrogen and oxygen atoms in total. The van der Waals surface area contributed by atoms with Crippen LogP contribution in [0.15, 0.2) is 51.5 Å². The third kappa shape index (κ3) is 2.12. The molecule has 2 N–H and O–H groups in total. The van der Waals surface area contributed by atoms with Crippen molar-refractivity contribution in [2.24, 2.45) is 0 Å². The van der Waals surface area contributed by atoms with Crippen molar-refractivity contribution in [3.05, 3.63) is 62.7 Å². The summed E-state index contributed by atoms with van der Waals surface area (Å²) in [6, 6.07) is 11.9. The van der Waals surface area contributed by atoms with Gasteiger partial charge >= 0.3 is 0 Å². The summed E-state index contributed by atoms with van der Waals surface area (Å²) in [4.78, 5) is 15.6. The highest BCUT2D eigenvalue weighted by atomic mass is 79.9. The van der Waals surface area contributed by atoms with E-state index in [4.69, 9.17) is 0 Å². The van der Waals surface area contributed by atoms with Gasteiger partial charge in [0.25, 0.3) is 5.91 Å². The molecule has 108 valence electrons. The van der Waals surface area contributed by atoms with Crippen molar-refractivity contribution in [3.8, 4) is 0 Å². The minimum Gasteiger partial charge on any atom is -0.361 e. The quantitative estimate of drug-likeness (QED) is 0.526. The van der Waals surface area contributed by atoms with Crippen molar-refractivity contribution >= 4 is 66.0 Å². The summed E-state index contributed by atoms with van der Waals surface area (Å²) in [7, 11) is 0.